The molecule has 0 unspecified atom stereocenters. The number of amides is 2. The maximum Gasteiger partial charge on any atom is 0.314 e. The third-order valence-electron chi connectivity index (χ3n) is 4.81. The summed E-state index contributed by atoms with van der Waals surface area (Å²) < 4.78 is 0. The molecule has 0 saturated carbocycles. The number of nitrogens with zero attached hydrogens (tertiary/aromatic N) is 4. The molecule has 2 saturated heterocycles. The standard InChI is InChI=1S/C17H16N4O4/c1-2-5-20-9-17(16(24)25)10-21(8-13(17)15(20)23)14(22)11-3-4-12(6-18)19-7-11/h2-4,7,13H,1,5,8-10H2,(H,24,25)/t13-,17+/m1/s1. The van der Waals surface area contributed by atoms with Gasteiger partial charge >= 0.3 is 5.97 Å². The van der Waals surface area contributed by atoms with E-state index in [2.05, 4.69) is 11.6 Å². The van der Waals surface area contributed by atoms with E-state index in [0.29, 0.717) is 0 Å². The zero-order valence-electron chi connectivity index (χ0n) is 13.4. The van der Waals surface area contributed by atoms with E-state index in [9.17, 15) is 19.5 Å². The first-order valence-corrected chi connectivity index (χ1v) is 7.71. The van der Waals surface area contributed by atoms with Crippen LogP contribution in [0.1, 0.15) is 16.1 Å². The molecule has 0 aliphatic carbocycles. The van der Waals surface area contributed by atoms with Gasteiger partial charge in [0.1, 0.15) is 17.2 Å². The monoisotopic (exact) mass is 340 g/mol. The van der Waals surface area contributed by atoms with E-state index in [1.54, 1.807) is 6.08 Å². The lowest BCUT2D eigenvalue weighted by Crippen LogP contribution is -2.42. The van der Waals surface area contributed by atoms with Crippen LogP contribution in [0.4, 0.5) is 0 Å². The van der Waals surface area contributed by atoms with Crippen LogP contribution in [0, 0.1) is 22.7 Å². The number of carboxylic acid groups (broad SMARTS) is 1. The Bertz CT molecular complexity index is 798. The second-order valence-corrected chi connectivity index (χ2v) is 6.25. The van der Waals surface area contributed by atoms with E-state index in [1.165, 1.54) is 28.1 Å². The maximum absolute atomic E-state index is 12.6. The lowest BCUT2D eigenvalue weighted by Gasteiger charge is -2.24. The molecule has 2 aliphatic rings. The molecule has 0 aromatic carbocycles. The van der Waals surface area contributed by atoms with E-state index in [-0.39, 0.29) is 43.3 Å². The number of likely N-dealkylation sites (tertiary alicyclic amines) is 2. The predicted molar refractivity (Wildman–Crippen MR) is 85.2 cm³/mol. The van der Waals surface area contributed by atoms with Gasteiger partial charge in [-0.3, -0.25) is 14.4 Å². The highest BCUT2D eigenvalue weighted by molar-refractivity contribution is 5.98. The molecule has 8 heteroatoms. The van der Waals surface area contributed by atoms with Crippen LogP contribution < -0.4 is 0 Å². The van der Waals surface area contributed by atoms with E-state index in [4.69, 9.17) is 5.26 Å². The largest absolute Gasteiger partial charge is 0.481 e. The van der Waals surface area contributed by atoms with E-state index in [0.717, 1.165) is 0 Å². The van der Waals surface area contributed by atoms with Gasteiger partial charge in [-0.2, -0.15) is 5.26 Å². The van der Waals surface area contributed by atoms with Crippen LogP contribution in [0.15, 0.2) is 31.0 Å². The Morgan fingerprint density at radius 2 is 2.24 bits per heavy atom. The van der Waals surface area contributed by atoms with Crippen molar-refractivity contribution in [3.05, 3.63) is 42.2 Å². The molecule has 0 spiro atoms. The number of aliphatic carboxylic acids is 1. The molecule has 1 aromatic heterocycles. The predicted octanol–water partition coefficient (Wildman–Crippen LogP) is 0.124. The summed E-state index contributed by atoms with van der Waals surface area (Å²) in [6.45, 7) is 3.95. The quantitative estimate of drug-likeness (QED) is 0.779. The van der Waals surface area contributed by atoms with Crippen molar-refractivity contribution in [2.75, 3.05) is 26.2 Å². The van der Waals surface area contributed by atoms with Gasteiger partial charge in [0, 0.05) is 32.4 Å². The number of carbonyl (C=O) groups is 3. The summed E-state index contributed by atoms with van der Waals surface area (Å²) in [6, 6.07) is 4.76. The highest BCUT2D eigenvalue weighted by atomic mass is 16.4. The normalized spacial score (nSPS) is 24.8. The second kappa shape index (κ2) is 6.02. The zero-order valence-corrected chi connectivity index (χ0v) is 13.4. The van der Waals surface area contributed by atoms with Crippen LogP contribution in [-0.2, 0) is 9.59 Å². The molecular weight excluding hydrogens is 324 g/mol. The van der Waals surface area contributed by atoms with Crippen molar-refractivity contribution in [3.8, 4) is 6.07 Å². The van der Waals surface area contributed by atoms with Gasteiger partial charge in [-0.05, 0) is 12.1 Å². The molecule has 1 N–H and O–H groups in total. The number of fused-ring (bicyclic) bond motifs is 1. The lowest BCUT2D eigenvalue weighted by atomic mass is 9.81. The Kier molecular flexibility index (Phi) is 4.00. The first kappa shape index (κ1) is 16.6. The summed E-state index contributed by atoms with van der Waals surface area (Å²) in [5.41, 5.74) is -0.850. The average molecular weight is 340 g/mol. The van der Waals surface area contributed by atoms with Crippen molar-refractivity contribution < 1.29 is 19.5 Å². The van der Waals surface area contributed by atoms with Gasteiger partial charge in [-0.15, -0.1) is 6.58 Å². The fraction of sp³-hybridized carbons (Fsp3) is 0.353. The Balaban J connectivity index is 1.85. The molecule has 1 aromatic rings. The Morgan fingerprint density at radius 1 is 1.48 bits per heavy atom. The number of rotatable bonds is 4. The van der Waals surface area contributed by atoms with Crippen molar-refractivity contribution in [2.45, 2.75) is 0 Å². The second-order valence-electron chi connectivity index (χ2n) is 6.25. The van der Waals surface area contributed by atoms with Gasteiger partial charge in [0.25, 0.3) is 5.91 Å². The molecule has 3 rings (SSSR count). The first-order chi connectivity index (χ1) is 11.9. The summed E-state index contributed by atoms with van der Waals surface area (Å²) in [4.78, 5) is 43.7. The fourth-order valence-corrected chi connectivity index (χ4v) is 3.54. The van der Waals surface area contributed by atoms with Gasteiger partial charge < -0.3 is 14.9 Å². The summed E-state index contributed by atoms with van der Waals surface area (Å²) in [6.07, 6.45) is 2.84. The van der Waals surface area contributed by atoms with Crippen molar-refractivity contribution in [1.82, 2.24) is 14.8 Å². The van der Waals surface area contributed by atoms with Gasteiger partial charge in [0.15, 0.2) is 0 Å². The molecule has 2 fully saturated rings. The minimum Gasteiger partial charge on any atom is -0.481 e. The smallest absolute Gasteiger partial charge is 0.314 e. The van der Waals surface area contributed by atoms with Crippen LogP contribution in [0.5, 0.6) is 0 Å². The third-order valence-corrected chi connectivity index (χ3v) is 4.81. The number of hydrogen-bond donors (Lipinski definition) is 1. The molecular formula is C17H16N4O4. The molecule has 2 aliphatic heterocycles. The minimum absolute atomic E-state index is 0.0365. The number of hydrogen-bond acceptors (Lipinski definition) is 5. The Hall–Kier alpha value is -3.21. The molecule has 0 bridgehead atoms. The van der Waals surface area contributed by atoms with Crippen molar-refractivity contribution in [1.29, 1.82) is 5.26 Å². The van der Waals surface area contributed by atoms with E-state index >= 15 is 0 Å². The molecule has 128 valence electrons. The van der Waals surface area contributed by atoms with Crippen molar-refractivity contribution in [2.24, 2.45) is 11.3 Å². The molecule has 25 heavy (non-hydrogen) atoms. The molecule has 0 radical (unpaired) electrons. The lowest BCUT2D eigenvalue weighted by molar-refractivity contribution is -0.149. The number of carbonyl (C=O) groups excluding carboxylic acids is 2. The SMILES string of the molecule is C=CCN1C[C@]2(C(=O)O)CN(C(=O)c3ccc(C#N)nc3)C[C@@H]2C1=O. The van der Waals surface area contributed by atoms with Gasteiger partial charge in [-0.1, -0.05) is 6.08 Å². The highest BCUT2D eigenvalue weighted by Crippen LogP contribution is 2.44. The van der Waals surface area contributed by atoms with Gasteiger partial charge in [0.2, 0.25) is 5.91 Å². The van der Waals surface area contributed by atoms with E-state index < -0.39 is 23.2 Å². The van der Waals surface area contributed by atoms with Crippen molar-refractivity contribution in [3.63, 3.8) is 0 Å². The number of nitriles is 1. The molecule has 8 nitrogen and oxygen atoms in total. The Labute approximate surface area is 144 Å². The molecule has 3 heterocycles. The number of carboxylic acids is 1. The van der Waals surface area contributed by atoms with E-state index in [1.807, 2.05) is 6.07 Å². The third kappa shape index (κ3) is 2.54. The topological polar surface area (TPSA) is 115 Å². The van der Waals surface area contributed by atoms with Gasteiger partial charge in [-0.25, -0.2) is 4.98 Å². The molecule has 2 amide bonds. The summed E-state index contributed by atoms with van der Waals surface area (Å²) >= 11 is 0. The van der Waals surface area contributed by atoms with Crippen LogP contribution in [-0.4, -0.2) is 63.9 Å². The summed E-state index contributed by atoms with van der Waals surface area (Å²) in [7, 11) is 0. The first-order valence-electron chi connectivity index (χ1n) is 7.71. The summed E-state index contributed by atoms with van der Waals surface area (Å²) in [5.74, 6) is -2.50. The molecule has 2 atom stereocenters. The van der Waals surface area contributed by atoms with Crippen LogP contribution >= 0.6 is 0 Å². The van der Waals surface area contributed by atoms with Crippen LogP contribution in [0.25, 0.3) is 0 Å². The van der Waals surface area contributed by atoms with Crippen LogP contribution in [0.3, 0.4) is 0 Å². The van der Waals surface area contributed by atoms with Crippen molar-refractivity contribution >= 4 is 17.8 Å². The number of aromatic nitrogens is 1. The van der Waals surface area contributed by atoms with Gasteiger partial charge in [0.05, 0.1) is 11.5 Å². The van der Waals surface area contributed by atoms with Crippen LogP contribution in [0.2, 0.25) is 0 Å². The average Bonchev–Trinajstić information content (AvgIpc) is 3.11. The fourth-order valence-electron chi connectivity index (χ4n) is 3.54. The Morgan fingerprint density at radius 3 is 2.76 bits per heavy atom. The zero-order chi connectivity index (χ0) is 18.2. The maximum atomic E-state index is 12.6. The minimum atomic E-state index is -1.30. The number of pyridine rings is 1. The highest BCUT2D eigenvalue weighted by Gasteiger charge is 2.62. The summed E-state index contributed by atoms with van der Waals surface area (Å²) in [5, 5.41) is 18.5.